The molecule has 0 saturated heterocycles. The fraction of sp³-hybridized carbons (Fsp3) is 0.288. The normalized spacial score (nSPS) is 12.4. The molecule has 2 atom stereocenters. The van der Waals surface area contributed by atoms with Gasteiger partial charge in [0.15, 0.2) is 11.5 Å². The van der Waals surface area contributed by atoms with Gasteiger partial charge in [-0.15, -0.1) is 0 Å². The maximum absolute atomic E-state index is 13.9. The van der Waals surface area contributed by atoms with Gasteiger partial charge in [-0.05, 0) is 153 Å². The summed E-state index contributed by atoms with van der Waals surface area (Å²) in [5.41, 5.74) is 2.91. The molecular formula is C52H55N7O9. The highest BCUT2D eigenvalue weighted by Gasteiger charge is 2.32. The molecule has 0 spiro atoms. The molecule has 16 nitrogen and oxygen atoms in total. The number of carbonyl (C=O) groups is 5. The van der Waals surface area contributed by atoms with Crippen LogP contribution in [0.2, 0.25) is 0 Å². The zero-order valence-corrected chi connectivity index (χ0v) is 39.6. The number of nitriles is 1. The summed E-state index contributed by atoms with van der Waals surface area (Å²) in [6, 6.07) is 28.0. The van der Waals surface area contributed by atoms with E-state index in [1.807, 2.05) is 32.4 Å². The Hall–Kier alpha value is -8.03. The van der Waals surface area contributed by atoms with Crippen LogP contribution in [-0.4, -0.2) is 73.7 Å². The van der Waals surface area contributed by atoms with E-state index in [9.17, 15) is 34.3 Å². The lowest BCUT2D eigenvalue weighted by molar-refractivity contribution is -0.125. The van der Waals surface area contributed by atoms with Gasteiger partial charge in [0, 0.05) is 35.1 Å². The predicted molar refractivity (Wildman–Crippen MR) is 259 cm³/mol. The van der Waals surface area contributed by atoms with Crippen molar-refractivity contribution in [2.75, 3.05) is 16.0 Å². The highest BCUT2D eigenvalue weighted by Crippen LogP contribution is 2.39. The molecule has 4 amide bonds. The standard InChI is InChI=1S/C52H55N7O9/c1-29(2)66-44-40(26-24-38(43(44)60)48(63)54-36-22-18-35(19-23-36)50(65)68-52(7,8)9)57-46(61)34-16-20-37(21-17-34)55-49(64)42(30(3)67-51(4,5)6)58-47(62)33-14-12-32(13-15-33)45-56-39-25-11-31(28-53)27-41(39)59(45)10/h11-27,29-30,42,60H,1-10H3,(H,54,63)(H,55,64)(H,57,61)(H,58,62)/t30-,42+/m1/s1. The van der Waals surface area contributed by atoms with E-state index in [1.165, 1.54) is 60.7 Å². The van der Waals surface area contributed by atoms with Crippen molar-refractivity contribution >= 4 is 57.7 Å². The molecule has 0 radical (unpaired) electrons. The Morgan fingerprint density at radius 2 is 1.29 bits per heavy atom. The molecule has 0 unspecified atom stereocenters. The van der Waals surface area contributed by atoms with E-state index < -0.39 is 64.8 Å². The molecule has 0 aliphatic carbocycles. The average Bonchev–Trinajstić information content (AvgIpc) is 3.60. The number of ether oxygens (including phenoxy) is 3. The third-order valence-electron chi connectivity index (χ3n) is 10.2. The summed E-state index contributed by atoms with van der Waals surface area (Å²) >= 11 is 0. The molecule has 68 heavy (non-hydrogen) atoms. The summed E-state index contributed by atoms with van der Waals surface area (Å²) in [6.07, 6.45) is -1.22. The van der Waals surface area contributed by atoms with E-state index in [4.69, 9.17) is 19.2 Å². The number of imidazole rings is 1. The summed E-state index contributed by atoms with van der Waals surface area (Å²) in [5, 5.41) is 31.7. The van der Waals surface area contributed by atoms with E-state index in [2.05, 4.69) is 27.3 Å². The molecule has 16 heteroatoms. The van der Waals surface area contributed by atoms with Crippen LogP contribution >= 0.6 is 0 Å². The third-order valence-corrected chi connectivity index (χ3v) is 10.2. The first-order valence-corrected chi connectivity index (χ1v) is 21.9. The number of rotatable bonds is 14. The number of aryl methyl sites for hydroxylation is 1. The minimum absolute atomic E-state index is 0.0956. The molecule has 1 aromatic heterocycles. The van der Waals surface area contributed by atoms with Gasteiger partial charge in [0.25, 0.3) is 17.7 Å². The lowest BCUT2D eigenvalue weighted by atomic mass is 10.1. The number of hydrogen-bond acceptors (Lipinski definition) is 11. The molecule has 0 fully saturated rings. The van der Waals surface area contributed by atoms with Crippen LogP contribution in [0.3, 0.4) is 0 Å². The zero-order valence-electron chi connectivity index (χ0n) is 39.6. The number of nitrogens with zero attached hydrogens (tertiary/aromatic N) is 3. The third kappa shape index (κ3) is 12.2. The Bertz CT molecular complexity index is 2900. The number of esters is 1. The highest BCUT2D eigenvalue weighted by atomic mass is 16.6. The summed E-state index contributed by atoms with van der Waals surface area (Å²) in [6.45, 7) is 15.9. The highest BCUT2D eigenvalue weighted by molar-refractivity contribution is 6.10. The topological polar surface area (TPSA) is 223 Å². The number of phenols is 1. The summed E-state index contributed by atoms with van der Waals surface area (Å²) in [4.78, 5) is 71.6. The zero-order chi connectivity index (χ0) is 49.7. The van der Waals surface area contributed by atoms with E-state index in [0.29, 0.717) is 33.9 Å². The van der Waals surface area contributed by atoms with Crippen molar-refractivity contribution in [3.8, 4) is 29.0 Å². The van der Waals surface area contributed by atoms with Crippen molar-refractivity contribution in [3.63, 3.8) is 0 Å². The number of fused-ring (bicyclic) bond motifs is 1. The van der Waals surface area contributed by atoms with Crippen molar-refractivity contribution in [3.05, 3.63) is 131 Å². The van der Waals surface area contributed by atoms with Gasteiger partial charge in [0.05, 0.1) is 57.3 Å². The first-order valence-electron chi connectivity index (χ1n) is 21.9. The molecule has 0 aliphatic rings. The second-order valence-corrected chi connectivity index (χ2v) is 18.3. The molecular weight excluding hydrogens is 867 g/mol. The summed E-state index contributed by atoms with van der Waals surface area (Å²) < 4.78 is 19.3. The number of carbonyl (C=O) groups excluding carboxylic acids is 5. The van der Waals surface area contributed by atoms with Gasteiger partial charge in [0.1, 0.15) is 17.5 Å². The smallest absolute Gasteiger partial charge is 0.338 e. The fourth-order valence-electron chi connectivity index (χ4n) is 7.09. The molecule has 352 valence electrons. The van der Waals surface area contributed by atoms with Crippen LogP contribution < -0.4 is 26.0 Å². The fourth-order valence-corrected chi connectivity index (χ4v) is 7.09. The number of phenolic OH excluding ortho intramolecular Hbond substituents is 1. The van der Waals surface area contributed by atoms with Crippen LogP contribution in [0.1, 0.15) is 109 Å². The average molecular weight is 922 g/mol. The Kier molecular flexibility index (Phi) is 14.7. The number of nitrogens with one attached hydrogen (secondary N) is 4. The second-order valence-electron chi connectivity index (χ2n) is 18.3. The van der Waals surface area contributed by atoms with E-state index in [-0.39, 0.29) is 22.6 Å². The molecule has 6 aromatic rings. The first-order chi connectivity index (χ1) is 32.0. The van der Waals surface area contributed by atoms with Gasteiger partial charge >= 0.3 is 5.97 Å². The minimum atomic E-state index is -1.14. The van der Waals surface area contributed by atoms with Gasteiger partial charge in [0.2, 0.25) is 5.91 Å². The number of amides is 4. The monoisotopic (exact) mass is 921 g/mol. The van der Waals surface area contributed by atoms with E-state index in [0.717, 1.165) is 16.6 Å². The van der Waals surface area contributed by atoms with E-state index in [1.54, 1.807) is 84.0 Å². The maximum Gasteiger partial charge on any atom is 0.338 e. The van der Waals surface area contributed by atoms with Gasteiger partial charge < -0.3 is 45.2 Å². The molecule has 6 rings (SSSR count). The number of benzene rings is 5. The van der Waals surface area contributed by atoms with Crippen molar-refractivity contribution in [1.82, 2.24) is 14.9 Å². The molecule has 0 aliphatic heterocycles. The maximum atomic E-state index is 13.9. The van der Waals surface area contributed by atoms with Crippen LogP contribution in [-0.2, 0) is 21.3 Å². The lowest BCUT2D eigenvalue weighted by Crippen LogP contribution is -2.52. The quantitative estimate of drug-likeness (QED) is 0.0649. The predicted octanol–water partition coefficient (Wildman–Crippen LogP) is 9.01. The summed E-state index contributed by atoms with van der Waals surface area (Å²) in [7, 11) is 1.85. The Morgan fingerprint density at radius 1 is 0.706 bits per heavy atom. The summed E-state index contributed by atoms with van der Waals surface area (Å²) in [5.74, 6) is -2.81. The van der Waals surface area contributed by atoms with Crippen molar-refractivity contribution in [2.45, 2.75) is 91.8 Å². The van der Waals surface area contributed by atoms with Gasteiger partial charge in [-0.1, -0.05) is 12.1 Å². The second kappa shape index (κ2) is 20.2. The van der Waals surface area contributed by atoms with Crippen LogP contribution in [0, 0.1) is 11.3 Å². The molecule has 5 N–H and O–H groups in total. The lowest BCUT2D eigenvalue weighted by Gasteiger charge is -2.30. The van der Waals surface area contributed by atoms with Crippen LogP contribution in [0.4, 0.5) is 17.1 Å². The largest absolute Gasteiger partial charge is 0.504 e. The number of aromatic nitrogens is 2. The van der Waals surface area contributed by atoms with Crippen molar-refractivity contribution in [1.29, 1.82) is 5.26 Å². The number of hydrogen-bond donors (Lipinski definition) is 5. The number of anilines is 3. The van der Waals surface area contributed by atoms with Crippen LogP contribution in [0.15, 0.2) is 103 Å². The Morgan fingerprint density at radius 3 is 1.88 bits per heavy atom. The van der Waals surface area contributed by atoms with E-state index >= 15 is 0 Å². The van der Waals surface area contributed by atoms with Crippen LogP contribution in [0.5, 0.6) is 11.5 Å². The minimum Gasteiger partial charge on any atom is -0.504 e. The molecule has 1 heterocycles. The molecule has 0 bridgehead atoms. The van der Waals surface area contributed by atoms with Crippen molar-refractivity contribution in [2.24, 2.45) is 7.05 Å². The van der Waals surface area contributed by atoms with Crippen LogP contribution in [0.25, 0.3) is 22.4 Å². The number of aromatic hydroxyl groups is 1. The van der Waals surface area contributed by atoms with Gasteiger partial charge in [-0.25, -0.2) is 9.78 Å². The first kappa shape index (κ1) is 49.4. The van der Waals surface area contributed by atoms with Gasteiger partial charge in [-0.2, -0.15) is 5.26 Å². The SMILES string of the molecule is CC(C)Oc1c(NC(=O)c2ccc(NC(=O)[C@@H](NC(=O)c3ccc(-c4nc5ccc(C#N)cc5n4C)cc3)[C@@H](C)OC(C)(C)C)cc2)ccc(C(=O)Nc2ccc(C(=O)OC(C)(C)C)cc2)c1O. The van der Waals surface area contributed by atoms with Gasteiger partial charge in [-0.3, -0.25) is 19.2 Å². The Labute approximate surface area is 394 Å². The molecule has 0 saturated carbocycles. The molecule has 5 aromatic carbocycles. The Balaban J connectivity index is 1.13. The van der Waals surface area contributed by atoms with Crippen molar-refractivity contribution < 1.29 is 43.3 Å².